The molecule has 0 saturated carbocycles. The van der Waals surface area contributed by atoms with Crippen LogP contribution in [0.2, 0.25) is 0 Å². The first-order chi connectivity index (χ1) is 11.1. The van der Waals surface area contributed by atoms with Gasteiger partial charge in [-0.15, -0.1) is 11.3 Å². The molecule has 1 atom stereocenters. The third kappa shape index (κ3) is 4.09. The van der Waals surface area contributed by atoms with E-state index in [1.165, 1.54) is 0 Å². The molecule has 0 saturated heterocycles. The van der Waals surface area contributed by atoms with Crippen molar-refractivity contribution in [1.29, 1.82) is 0 Å². The standard InChI is InChI=1S/C16H20F3NO3S/c1-4-9-5-6-10-11(7-9)24-13(20-15(22)16(17,18)19)12(10)14(21)23-8(2)3/h8-9H,4-7H2,1-3H3,(H,20,22)/t9-/m1/s1. The Hall–Kier alpha value is -1.57. The van der Waals surface area contributed by atoms with E-state index in [2.05, 4.69) is 6.92 Å². The Morgan fingerprint density at radius 1 is 1.38 bits per heavy atom. The van der Waals surface area contributed by atoms with Crippen LogP contribution in [0.4, 0.5) is 18.2 Å². The zero-order chi connectivity index (χ0) is 18.1. The third-order valence-corrected chi connectivity index (χ3v) is 5.15. The number of rotatable bonds is 4. The molecule has 0 aliphatic heterocycles. The van der Waals surface area contributed by atoms with E-state index in [1.807, 2.05) is 5.32 Å². The van der Waals surface area contributed by atoms with Gasteiger partial charge in [-0.25, -0.2) is 4.79 Å². The number of thiophene rings is 1. The lowest BCUT2D eigenvalue weighted by Gasteiger charge is -2.21. The minimum absolute atomic E-state index is 0.0651. The Bertz CT molecular complexity index is 637. The number of ether oxygens (including phenoxy) is 1. The molecule has 4 nitrogen and oxygen atoms in total. The molecule has 1 N–H and O–H groups in total. The lowest BCUT2D eigenvalue weighted by atomic mass is 9.85. The summed E-state index contributed by atoms with van der Waals surface area (Å²) in [6, 6.07) is 0. The minimum atomic E-state index is -5.00. The molecule has 0 unspecified atom stereocenters. The number of hydrogen-bond acceptors (Lipinski definition) is 4. The highest BCUT2D eigenvalue weighted by Crippen LogP contribution is 2.41. The van der Waals surface area contributed by atoms with Crippen LogP contribution in [0.25, 0.3) is 0 Å². The van der Waals surface area contributed by atoms with Gasteiger partial charge in [0.15, 0.2) is 0 Å². The Morgan fingerprint density at radius 3 is 2.58 bits per heavy atom. The van der Waals surface area contributed by atoms with Gasteiger partial charge in [-0.05, 0) is 44.6 Å². The van der Waals surface area contributed by atoms with E-state index in [9.17, 15) is 22.8 Å². The van der Waals surface area contributed by atoms with Crippen LogP contribution < -0.4 is 5.32 Å². The molecular weight excluding hydrogens is 343 g/mol. The summed E-state index contributed by atoms with van der Waals surface area (Å²) < 4.78 is 42.8. The second-order valence-electron chi connectivity index (χ2n) is 6.13. The number of alkyl halides is 3. The predicted octanol–water partition coefficient (Wildman–Crippen LogP) is 4.33. The molecule has 1 aliphatic carbocycles. The van der Waals surface area contributed by atoms with Gasteiger partial charge in [0.1, 0.15) is 5.00 Å². The number of amides is 1. The number of hydrogen-bond donors (Lipinski definition) is 1. The van der Waals surface area contributed by atoms with Crippen molar-refractivity contribution in [3.8, 4) is 0 Å². The summed E-state index contributed by atoms with van der Waals surface area (Å²) in [4.78, 5) is 24.5. The summed E-state index contributed by atoms with van der Waals surface area (Å²) >= 11 is 1.05. The number of anilines is 1. The summed E-state index contributed by atoms with van der Waals surface area (Å²) in [6.45, 7) is 5.39. The lowest BCUT2D eigenvalue weighted by Crippen LogP contribution is -2.30. The van der Waals surface area contributed by atoms with E-state index in [1.54, 1.807) is 13.8 Å². The summed E-state index contributed by atoms with van der Waals surface area (Å²) in [5.74, 6) is -2.32. The fourth-order valence-electron chi connectivity index (χ4n) is 2.75. The van der Waals surface area contributed by atoms with Gasteiger partial charge in [0.25, 0.3) is 0 Å². The number of carbonyl (C=O) groups excluding carboxylic acids is 2. The Kier molecular flexibility index (Phi) is 5.57. The SMILES string of the molecule is CC[C@@H]1CCc2c(sc(NC(=O)C(F)(F)F)c2C(=O)OC(C)C)C1. The minimum Gasteiger partial charge on any atom is -0.459 e. The maximum Gasteiger partial charge on any atom is 0.471 e. The Labute approximate surface area is 142 Å². The van der Waals surface area contributed by atoms with Gasteiger partial charge in [-0.2, -0.15) is 13.2 Å². The predicted molar refractivity (Wildman–Crippen MR) is 85.4 cm³/mol. The molecule has 1 amide bonds. The summed E-state index contributed by atoms with van der Waals surface area (Å²) in [5, 5.41) is 1.78. The van der Waals surface area contributed by atoms with Gasteiger partial charge in [0, 0.05) is 4.88 Å². The molecular formula is C16H20F3NO3S. The number of esters is 1. The molecule has 0 spiro atoms. The summed E-state index contributed by atoms with van der Waals surface area (Å²) in [7, 11) is 0. The van der Waals surface area contributed by atoms with Crippen molar-refractivity contribution in [2.45, 2.75) is 58.7 Å². The summed E-state index contributed by atoms with van der Waals surface area (Å²) in [5.41, 5.74) is 0.795. The van der Waals surface area contributed by atoms with Gasteiger partial charge < -0.3 is 10.1 Å². The van der Waals surface area contributed by atoms with E-state index in [0.29, 0.717) is 24.3 Å². The lowest BCUT2D eigenvalue weighted by molar-refractivity contribution is -0.167. The highest BCUT2D eigenvalue weighted by Gasteiger charge is 2.40. The molecule has 0 radical (unpaired) electrons. The molecule has 0 bridgehead atoms. The van der Waals surface area contributed by atoms with E-state index in [0.717, 1.165) is 29.1 Å². The van der Waals surface area contributed by atoms with Gasteiger partial charge >= 0.3 is 18.1 Å². The second-order valence-corrected chi connectivity index (χ2v) is 7.24. The number of halogens is 3. The smallest absolute Gasteiger partial charge is 0.459 e. The Morgan fingerprint density at radius 2 is 2.04 bits per heavy atom. The van der Waals surface area contributed by atoms with Crippen molar-refractivity contribution >= 4 is 28.2 Å². The van der Waals surface area contributed by atoms with Gasteiger partial charge in [0.05, 0.1) is 11.7 Å². The number of nitrogens with one attached hydrogen (secondary N) is 1. The van der Waals surface area contributed by atoms with Crippen LogP contribution in [0.5, 0.6) is 0 Å². The van der Waals surface area contributed by atoms with Crippen LogP contribution in [0.3, 0.4) is 0 Å². The number of carbonyl (C=O) groups is 2. The number of fused-ring (bicyclic) bond motifs is 1. The maximum atomic E-state index is 12.6. The van der Waals surface area contributed by atoms with Crippen molar-refractivity contribution in [2.24, 2.45) is 5.92 Å². The molecule has 8 heteroatoms. The zero-order valence-electron chi connectivity index (χ0n) is 13.8. The maximum absolute atomic E-state index is 12.6. The molecule has 1 aromatic heterocycles. The van der Waals surface area contributed by atoms with Crippen molar-refractivity contribution in [3.05, 3.63) is 16.0 Å². The average Bonchev–Trinajstić information content (AvgIpc) is 2.82. The molecule has 24 heavy (non-hydrogen) atoms. The first-order valence-corrected chi connectivity index (χ1v) is 8.68. The molecule has 1 heterocycles. The van der Waals surface area contributed by atoms with E-state index in [-0.39, 0.29) is 10.6 Å². The quantitative estimate of drug-likeness (QED) is 0.810. The van der Waals surface area contributed by atoms with Crippen molar-refractivity contribution in [2.75, 3.05) is 5.32 Å². The van der Waals surface area contributed by atoms with E-state index < -0.39 is 24.2 Å². The van der Waals surface area contributed by atoms with Crippen LogP contribution in [0.1, 0.15) is 54.4 Å². The average molecular weight is 363 g/mol. The highest BCUT2D eigenvalue weighted by atomic mass is 32.1. The van der Waals surface area contributed by atoms with Gasteiger partial charge in [0.2, 0.25) is 0 Å². The largest absolute Gasteiger partial charge is 0.471 e. The van der Waals surface area contributed by atoms with Crippen LogP contribution in [-0.4, -0.2) is 24.2 Å². The molecule has 134 valence electrons. The van der Waals surface area contributed by atoms with E-state index >= 15 is 0 Å². The van der Waals surface area contributed by atoms with Gasteiger partial charge in [-0.1, -0.05) is 13.3 Å². The van der Waals surface area contributed by atoms with Crippen LogP contribution in [0.15, 0.2) is 0 Å². The first kappa shape index (κ1) is 18.8. The second kappa shape index (κ2) is 7.13. The van der Waals surface area contributed by atoms with Crippen LogP contribution in [0, 0.1) is 5.92 Å². The van der Waals surface area contributed by atoms with E-state index in [4.69, 9.17) is 4.74 Å². The zero-order valence-corrected chi connectivity index (χ0v) is 14.6. The Balaban J connectivity index is 2.39. The molecule has 1 aromatic rings. The first-order valence-electron chi connectivity index (χ1n) is 7.87. The van der Waals surface area contributed by atoms with Crippen molar-refractivity contribution in [3.63, 3.8) is 0 Å². The molecule has 0 aromatic carbocycles. The molecule has 0 fully saturated rings. The monoisotopic (exact) mass is 363 g/mol. The molecule has 2 rings (SSSR count). The van der Waals surface area contributed by atoms with Gasteiger partial charge in [-0.3, -0.25) is 4.79 Å². The van der Waals surface area contributed by atoms with Crippen molar-refractivity contribution in [1.82, 2.24) is 0 Å². The third-order valence-electron chi connectivity index (χ3n) is 3.98. The molecule has 1 aliphatic rings. The van der Waals surface area contributed by atoms with Crippen LogP contribution >= 0.6 is 11.3 Å². The highest BCUT2D eigenvalue weighted by molar-refractivity contribution is 7.17. The van der Waals surface area contributed by atoms with Crippen molar-refractivity contribution < 1.29 is 27.5 Å². The van der Waals surface area contributed by atoms with Crippen LogP contribution in [-0.2, 0) is 22.4 Å². The normalized spacial score (nSPS) is 17.5. The fourth-order valence-corrected chi connectivity index (χ4v) is 4.10. The topological polar surface area (TPSA) is 55.4 Å². The summed E-state index contributed by atoms with van der Waals surface area (Å²) in [6.07, 6.45) is -2.25. The fraction of sp³-hybridized carbons (Fsp3) is 0.625.